The van der Waals surface area contributed by atoms with Gasteiger partial charge in [0.2, 0.25) is 0 Å². The summed E-state index contributed by atoms with van der Waals surface area (Å²) in [7, 11) is 0. The lowest BCUT2D eigenvalue weighted by atomic mass is 9.41. The quantitative estimate of drug-likeness (QED) is 0.167. The fourth-order valence-electron chi connectivity index (χ4n) is 8.29. The van der Waals surface area contributed by atoms with Gasteiger partial charge in [0.15, 0.2) is 5.60 Å². The second-order valence-corrected chi connectivity index (χ2v) is 11.4. The molecule has 4 aliphatic rings. The minimum atomic E-state index is -0.654. The third-order valence-corrected chi connectivity index (χ3v) is 9.11. The summed E-state index contributed by atoms with van der Waals surface area (Å²) in [6, 6.07) is 9.70. The van der Waals surface area contributed by atoms with E-state index in [0.29, 0.717) is 30.1 Å². The number of esters is 1. The van der Waals surface area contributed by atoms with Crippen LogP contribution in [0.1, 0.15) is 65.9 Å². The molecule has 4 fully saturated rings. The van der Waals surface area contributed by atoms with Crippen LogP contribution in [0.4, 0.5) is 0 Å². The van der Waals surface area contributed by atoms with Crippen LogP contribution >= 0.6 is 0 Å². The van der Waals surface area contributed by atoms with Crippen LogP contribution < -0.4 is 0 Å². The van der Waals surface area contributed by atoms with Crippen molar-refractivity contribution in [3.05, 3.63) is 52.4 Å². The van der Waals surface area contributed by atoms with Crippen molar-refractivity contribution in [3.63, 3.8) is 0 Å². The van der Waals surface area contributed by atoms with Crippen LogP contribution in [0.5, 0.6) is 0 Å². The van der Waals surface area contributed by atoms with Gasteiger partial charge in [-0.3, -0.25) is 0 Å². The first-order chi connectivity index (χ1) is 15.7. The van der Waals surface area contributed by atoms with E-state index >= 15 is 0 Å². The van der Waals surface area contributed by atoms with E-state index in [0.717, 1.165) is 30.4 Å². The van der Waals surface area contributed by atoms with Crippen LogP contribution in [0.2, 0.25) is 0 Å². The van der Waals surface area contributed by atoms with Crippen molar-refractivity contribution in [2.45, 2.75) is 83.1 Å². The van der Waals surface area contributed by atoms with Crippen molar-refractivity contribution in [3.8, 4) is 0 Å². The summed E-state index contributed by atoms with van der Waals surface area (Å²) in [6.45, 7) is 10.7. The van der Waals surface area contributed by atoms with Crippen LogP contribution in [0.3, 0.4) is 0 Å². The van der Waals surface area contributed by atoms with Gasteiger partial charge in [0.1, 0.15) is 5.60 Å². The first-order valence-corrected chi connectivity index (χ1v) is 12.4. The molecule has 0 N–H and O–H groups in total. The molecule has 2 aliphatic heterocycles. The Kier molecular flexibility index (Phi) is 5.19. The summed E-state index contributed by atoms with van der Waals surface area (Å²) in [5.74, 6) is 1.36. The van der Waals surface area contributed by atoms with Gasteiger partial charge in [0.05, 0.1) is 11.6 Å². The van der Waals surface area contributed by atoms with Crippen LogP contribution in [0.25, 0.3) is 16.0 Å². The van der Waals surface area contributed by atoms with Gasteiger partial charge in [-0.25, -0.2) is 4.79 Å². The summed E-state index contributed by atoms with van der Waals surface area (Å²) < 4.78 is 13.6. The Morgan fingerprint density at radius 2 is 2.06 bits per heavy atom. The Hall–Kier alpha value is -2.30. The molecule has 2 saturated carbocycles. The van der Waals surface area contributed by atoms with E-state index in [1.54, 1.807) is 6.08 Å². The van der Waals surface area contributed by atoms with Gasteiger partial charge in [-0.05, 0) is 74.0 Å². The number of allylic oxidation sites excluding steroid dienone is 1. The standard InChI is InChI=1S/C27H35N3O3/c1-16(2)14-26-15-21(29-30-28)25(5,33-26)24-20-12-11-17(3)23(20)27(24,26)32-22(31)13-18(4)19-9-7-6-8-10-19/h6-10,13,16-17,20-21,23-24H,11-12,14-15H2,1-5H3/b18-13+. The molecule has 5 rings (SSSR count). The van der Waals surface area contributed by atoms with Crippen molar-refractivity contribution >= 4 is 11.5 Å². The third kappa shape index (κ3) is 2.96. The number of hydrogen-bond donors (Lipinski definition) is 0. The van der Waals surface area contributed by atoms with Crippen LogP contribution in [-0.4, -0.2) is 28.8 Å². The van der Waals surface area contributed by atoms with Gasteiger partial charge in [-0.1, -0.05) is 56.2 Å². The molecule has 0 aromatic heterocycles. The zero-order valence-corrected chi connectivity index (χ0v) is 20.3. The Labute approximate surface area is 196 Å². The minimum Gasteiger partial charge on any atom is -0.452 e. The SMILES string of the molecule is C/C(=C\C(=O)OC12C3C(C)CCC3C1C1(C)OC2(CC(C)C)CC1N=[N+]=[N-])c1ccccc1. The lowest BCUT2D eigenvalue weighted by Gasteiger charge is -2.65. The van der Waals surface area contributed by atoms with Gasteiger partial charge >= 0.3 is 5.97 Å². The molecule has 1 aromatic rings. The fraction of sp³-hybridized carbons (Fsp3) is 0.667. The smallest absolute Gasteiger partial charge is 0.331 e. The highest BCUT2D eigenvalue weighted by Crippen LogP contribution is 2.78. The molecule has 8 unspecified atom stereocenters. The predicted molar refractivity (Wildman–Crippen MR) is 127 cm³/mol. The highest BCUT2D eigenvalue weighted by Gasteiger charge is 2.88. The maximum Gasteiger partial charge on any atom is 0.331 e. The molecule has 8 atom stereocenters. The zero-order chi connectivity index (χ0) is 23.6. The molecule has 0 amide bonds. The van der Waals surface area contributed by atoms with E-state index in [9.17, 15) is 10.3 Å². The Bertz CT molecular complexity index is 1030. The van der Waals surface area contributed by atoms with Gasteiger partial charge < -0.3 is 9.47 Å². The van der Waals surface area contributed by atoms with E-state index in [1.165, 1.54) is 0 Å². The highest BCUT2D eigenvalue weighted by atomic mass is 16.6. The molecular formula is C27H35N3O3. The predicted octanol–water partition coefficient (Wildman–Crippen LogP) is 6.32. The van der Waals surface area contributed by atoms with Gasteiger partial charge in [-0.15, -0.1) is 0 Å². The number of nitrogens with zero attached hydrogens (tertiary/aromatic N) is 3. The topological polar surface area (TPSA) is 84.3 Å². The zero-order valence-electron chi connectivity index (χ0n) is 20.3. The van der Waals surface area contributed by atoms with E-state index in [1.807, 2.05) is 37.3 Å². The van der Waals surface area contributed by atoms with Crippen LogP contribution in [0, 0.1) is 29.6 Å². The highest BCUT2D eigenvalue weighted by molar-refractivity contribution is 5.91. The summed E-state index contributed by atoms with van der Waals surface area (Å²) >= 11 is 0. The molecular weight excluding hydrogens is 414 g/mol. The van der Waals surface area contributed by atoms with Crippen molar-refractivity contribution in [1.82, 2.24) is 0 Å². The Balaban J connectivity index is 1.57. The molecule has 33 heavy (non-hydrogen) atoms. The molecule has 6 heteroatoms. The van der Waals surface area contributed by atoms with Crippen molar-refractivity contribution in [2.75, 3.05) is 0 Å². The number of benzene rings is 1. The number of carbonyl (C=O) groups excluding carboxylic acids is 1. The average Bonchev–Trinajstić information content (AvgIpc) is 3.26. The van der Waals surface area contributed by atoms with E-state index in [2.05, 4.69) is 37.7 Å². The lowest BCUT2D eigenvalue weighted by molar-refractivity contribution is -0.258. The molecule has 176 valence electrons. The lowest BCUT2D eigenvalue weighted by Crippen LogP contribution is -2.76. The minimum absolute atomic E-state index is 0.0670. The maximum atomic E-state index is 13.4. The summed E-state index contributed by atoms with van der Waals surface area (Å²) in [4.78, 5) is 16.6. The van der Waals surface area contributed by atoms with E-state index in [-0.39, 0.29) is 17.9 Å². The number of fused-ring (bicyclic) bond motifs is 8. The van der Waals surface area contributed by atoms with Crippen molar-refractivity contribution in [2.24, 2.45) is 34.7 Å². The Morgan fingerprint density at radius 3 is 2.73 bits per heavy atom. The van der Waals surface area contributed by atoms with Crippen molar-refractivity contribution < 1.29 is 14.3 Å². The molecule has 2 heterocycles. The summed E-state index contributed by atoms with van der Waals surface area (Å²) in [5.41, 5.74) is 9.31. The molecule has 0 radical (unpaired) electrons. The molecule has 2 saturated heterocycles. The number of azide groups is 1. The first kappa shape index (κ1) is 22.5. The number of carbonyl (C=O) groups is 1. The van der Waals surface area contributed by atoms with E-state index in [4.69, 9.17) is 9.47 Å². The second kappa shape index (κ2) is 7.61. The van der Waals surface area contributed by atoms with E-state index < -0.39 is 16.8 Å². The Morgan fingerprint density at radius 1 is 1.33 bits per heavy atom. The molecule has 6 nitrogen and oxygen atoms in total. The number of ether oxygens (including phenoxy) is 2. The van der Waals surface area contributed by atoms with Gasteiger partial charge in [-0.2, -0.15) is 0 Å². The van der Waals surface area contributed by atoms with Crippen LogP contribution in [-0.2, 0) is 14.3 Å². The normalized spacial score (nSPS) is 43.0. The second-order valence-electron chi connectivity index (χ2n) is 11.4. The number of hydrogen-bond acceptors (Lipinski definition) is 4. The average molecular weight is 450 g/mol. The monoisotopic (exact) mass is 449 g/mol. The maximum absolute atomic E-state index is 13.4. The molecule has 2 bridgehead atoms. The number of rotatable bonds is 6. The van der Waals surface area contributed by atoms with Gasteiger partial charge in [0.25, 0.3) is 0 Å². The fourth-order valence-corrected chi connectivity index (χ4v) is 8.29. The van der Waals surface area contributed by atoms with Crippen molar-refractivity contribution in [1.29, 1.82) is 0 Å². The molecule has 1 aromatic carbocycles. The van der Waals surface area contributed by atoms with Crippen LogP contribution in [0.15, 0.2) is 41.5 Å². The first-order valence-electron chi connectivity index (χ1n) is 12.4. The third-order valence-electron chi connectivity index (χ3n) is 9.11. The van der Waals surface area contributed by atoms with Gasteiger partial charge in [0, 0.05) is 22.8 Å². The largest absolute Gasteiger partial charge is 0.452 e. The molecule has 0 spiro atoms. The molecule has 2 aliphatic carbocycles. The summed E-state index contributed by atoms with van der Waals surface area (Å²) in [6.07, 6.45) is 5.31. The summed E-state index contributed by atoms with van der Waals surface area (Å²) in [5, 5.41) is 4.18.